The van der Waals surface area contributed by atoms with E-state index in [1.54, 1.807) is 13.2 Å². The summed E-state index contributed by atoms with van der Waals surface area (Å²) in [6.45, 7) is 0.490. The SMILES string of the molecule is COc1ccc(S(=O)(=O)N2CCc3cc(OC)c(OC)cc3C2)cc1F. The van der Waals surface area contributed by atoms with Gasteiger partial charge in [-0.15, -0.1) is 0 Å². The minimum absolute atomic E-state index is 0.00442. The standard InChI is InChI=1S/C18H20FNO5S/c1-23-16-5-4-14(10-15(16)19)26(21,22)20-7-6-12-8-17(24-2)18(25-3)9-13(12)11-20/h4-5,8-10H,6-7,11H2,1-3H3. The van der Waals surface area contributed by atoms with Gasteiger partial charge >= 0.3 is 0 Å². The van der Waals surface area contributed by atoms with E-state index >= 15 is 0 Å². The summed E-state index contributed by atoms with van der Waals surface area (Å²) >= 11 is 0. The highest BCUT2D eigenvalue weighted by molar-refractivity contribution is 7.89. The summed E-state index contributed by atoms with van der Waals surface area (Å²) in [5.74, 6) is 0.447. The van der Waals surface area contributed by atoms with Crippen LogP contribution >= 0.6 is 0 Å². The van der Waals surface area contributed by atoms with Crippen LogP contribution in [0.15, 0.2) is 35.2 Å². The van der Waals surface area contributed by atoms with Crippen molar-refractivity contribution in [3.05, 3.63) is 47.3 Å². The fourth-order valence-corrected chi connectivity index (χ4v) is 4.45. The van der Waals surface area contributed by atoms with E-state index in [0.717, 1.165) is 17.2 Å². The van der Waals surface area contributed by atoms with E-state index in [9.17, 15) is 12.8 Å². The van der Waals surface area contributed by atoms with Crippen molar-refractivity contribution < 1.29 is 27.0 Å². The molecule has 0 saturated heterocycles. The number of hydrogen-bond acceptors (Lipinski definition) is 5. The molecule has 0 saturated carbocycles. The summed E-state index contributed by atoms with van der Waals surface area (Å²) in [6, 6.07) is 7.29. The second-order valence-electron chi connectivity index (χ2n) is 5.86. The Kier molecular flexibility index (Phi) is 5.06. The molecule has 1 aliphatic rings. The van der Waals surface area contributed by atoms with E-state index < -0.39 is 15.8 Å². The van der Waals surface area contributed by atoms with E-state index in [2.05, 4.69) is 0 Å². The zero-order valence-electron chi connectivity index (χ0n) is 14.8. The average molecular weight is 381 g/mol. The Hall–Kier alpha value is -2.32. The lowest BCUT2D eigenvalue weighted by atomic mass is 10.0. The molecule has 0 unspecified atom stereocenters. The van der Waals surface area contributed by atoms with Crippen molar-refractivity contribution in [2.45, 2.75) is 17.9 Å². The van der Waals surface area contributed by atoms with Gasteiger partial charge in [0.1, 0.15) is 0 Å². The van der Waals surface area contributed by atoms with Gasteiger partial charge in [-0.25, -0.2) is 12.8 Å². The van der Waals surface area contributed by atoms with Crippen LogP contribution in [0.5, 0.6) is 17.2 Å². The number of halogens is 1. The first-order valence-corrected chi connectivity index (χ1v) is 9.42. The molecular weight excluding hydrogens is 361 g/mol. The van der Waals surface area contributed by atoms with Crippen LogP contribution in [0, 0.1) is 5.82 Å². The molecule has 0 N–H and O–H groups in total. The van der Waals surface area contributed by atoms with Crippen LogP contribution in [0.1, 0.15) is 11.1 Å². The van der Waals surface area contributed by atoms with Crippen molar-refractivity contribution in [1.82, 2.24) is 4.31 Å². The van der Waals surface area contributed by atoms with Crippen molar-refractivity contribution >= 4 is 10.0 Å². The first kappa shape index (κ1) is 18.5. The largest absolute Gasteiger partial charge is 0.494 e. The van der Waals surface area contributed by atoms with Crippen molar-refractivity contribution in [3.63, 3.8) is 0 Å². The number of ether oxygens (including phenoxy) is 3. The number of fused-ring (bicyclic) bond motifs is 1. The van der Waals surface area contributed by atoms with Crippen LogP contribution in [0.4, 0.5) is 4.39 Å². The van der Waals surface area contributed by atoms with Crippen LogP contribution in [-0.4, -0.2) is 40.6 Å². The molecule has 0 spiro atoms. The Morgan fingerprint density at radius 1 is 0.923 bits per heavy atom. The van der Waals surface area contributed by atoms with E-state index in [4.69, 9.17) is 14.2 Å². The van der Waals surface area contributed by atoms with Gasteiger partial charge < -0.3 is 14.2 Å². The maximum atomic E-state index is 13.9. The van der Waals surface area contributed by atoms with Crippen LogP contribution < -0.4 is 14.2 Å². The van der Waals surface area contributed by atoms with Crippen molar-refractivity contribution in [2.75, 3.05) is 27.9 Å². The molecule has 0 amide bonds. The number of sulfonamides is 1. The minimum Gasteiger partial charge on any atom is -0.494 e. The maximum absolute atomic E-state index is 13.9. The van der Waals surface area contributed by atoms with Gasteiger partial charge in [0.25, 0.3) is 0 Å². The van der Waals surface area contributed by atoms with Gasteiger partial charge in [0, 0.05) is 13.1 Å². The molecule has 140 valence electrons. The first-order chi connectivity index (χ1) is 12.4. The fraction of sp³-hybridized carbons (Fsp3) is 0.333. The monoisotopic (exact) mass is 381 g/mol. The number of rotatable bonds is 5. The quantitative estimate of drug-likeness (QED) is 0.797. The molecule has 3 rings (SSSR count). The molecule has 0 radical (unpaired) electrons. The molecule has 2 aromatic carbocycles. The number of nitrogens with zero attached hydrogens (tertiary/aromatic N) is 1. The molecule has 1 aliphatic heterocycles. The Bertz CT molecular complexity index is 929. The number of benzene rings is 2. The van der Waals surface area contributed by atoms with Crippen LogP contribution in [0.2, 0.25) is 0 Å². The summed E-state index contributed by atoms with van der Waals surface area (Å²) in [5, 5.41) is 0. The minimum atomic E-state index is -3.82. The lowest BCUT2D eigenvalue weighted by molar-refractivity contribution is 0.348. The second-order valence-corrected chi connectivity index (χ2v) is 7.80. The van der Waals surface area contributed by atoms with Gasteiger partial charge in [-0.1, -0.05) is 0 Å². The van der Waals surface area contributed by atoms with Gasteiger partial charge in [-0.3, -0.25) is 0 Å². The second kappa shape index (κ2) is 7.13. The zero-order chi connectivity index (χ0) is 18.9. The molecule has 8 heteroatoms. The van der Waals surface area contributed by atoms with Crippen LogP contribution in [0.25, 0.3) is 0 Å². The highest BCUT2D eigenvalue weighted by Crippen LogP contribution is 2.34. The Morgan fingerprint density at radius 2 is 1.54 bits per heavy atom. The van der Waals surface area contributed by atoms with Crippen LogP contribution in [-0.2, 0) is 23.0 Å². The molecule has 0 aliphatic carbocycles. The Balaban J connectivity index is 1.93. The highest BCUT2D eigenvalue weighted by atomic mass is 32.2. The molecular formula is C18H20FNO5S. The predicted molar refractivity (Wildman–Crippen MR) is 93.8 cm³/mol. The molecule has 26 heavy (non-hydrogen) atoms. The summed E-state index contributed by atoms with van der Waals surface area (Å²) in [4.78, 5) is -0.0975. The maximum Gasteiger partial charge on any atom is 0.243 e. The smallest absolute Gasteiger partial charge is 0.243 e. The molecule has 0 aromatic heterocycles. The van der Waals surface area contributed by atoms with Crippen molar-refractivity contribution in [1.29, 1.82) is 0 Å². The third-order valence-corrected chi connectivity index (χ3v) is 6.29. The van der Waals surface area contributed by atoms with Gasteiger partial charge in [0.05, 0.1) is 26.2 Å². The fourth-order valence-electron chi connectivity index (χ4n) is 3.02. The Labute approximate surface area is 152 Å². The summed E-state index contributed by atoms with van der Waals surface area (Å²) in [6.07, 6.45) is 0.535. The average Bonchev–Trinajstić information content (AvgIpc) is 2.66. The van der Waals surface area contributed by atoms with Crippen molar-refractivity contribution in [2.24, 2.45) is 0 Å². The predicted octanol–water partition coefficient (Wildman–Crippen LogP) is 2.60. The third-order valence-electron chi connectivity index (χ3n) is 4.44. The highest BCUT2D eigenvalue weighted by Gasteiger charge is 2.30. The third kappa shape index (κ3) is 3.22. The molecule has 0 bridgehead atoms. The topological polar surface area (TPSA) is 65.1 Å². The van der Waals surface area contributed by atoms with E-state index in [1.165, 1.54) is 30.7 Å². The molecule has 0 atom stereocenters. The van der Waals surface area contributed by atoms with Gasteiger partial charge in [-0.2, -0.15) is 4.31 Å². The van der Waals surface area contributed by atoms with E-state index in [1.807, 2.05) is 6.07 Å². The molecule has 2 aromatic rings. The van der Waals surface area contributed by atoms with E-state index in [0.29, 0.717) is 24.5 Å². The number of methoxy groups -OCH3 is 3. The zero-order valence-corrected chi connectivity index (χ0v) is 15.6. The van der Waals surface area contributed by atoms with Gasteiger partial charge in [-0.05, 0) is 47.9 Å². The van der Waals surface area contributed by atoms with Gasteiger partial charge in [0.15, 0.2) is 23.1 Å². The number of hydrogen-bond donors (Lipinski definition) is 0. The normalized spacial score (nSPS) is 14.6. The summed E-state index contributed by atoms with van der Waals surface area (Å²) in [5.41, 5.74) is 1.85. The van der Waals surface area contributed by atoms with Crippen LogP contribution in [0.3, 0.4) is 0 Å². The summed E-state index contributed by atoms with van der Waals surface area (Å²) in [7, 11) is 0.594. The lowest BCUT2D eigenvalue weighted by Gasteiger charge is -2.29. The Morgan fingerprint density at radius 3 is 2.12 bits per heavy atom. The van der Waals surface area contributed by atoms with Gasteiger partial charge in [0.2, 0.25) is 10.0 Å². The van der Waals surface area contributed by atoms with E-state index in [-0.39, 0.29) is 17.2 Å². The summed E-state index contributed by atoms with van der Waals surface area (Å²) < 4.78 is 56.5. The molecule has 0 fully saturated rings. The molecule has 1 heterocycles. The van der Waals surface area contributed by atoms with Crippen molar-refractivity contribution in [3.8, 4) is 17.2 Å². The first-order valence-electron chi connectivity index (χ1n) is 7.98. The lowest BCUT2D eigenvalue weighted by Crippen LogP contribution is -2.36. The molecule has 6 nitrogen and oxygen atoms in total.